The molecule has 0 saturated carbocycles. The molecule has 0 fully saturated rings. The summed E-state index contributed by atoms with van der Waals surface area (Å²) in [6, 6.07) is 62.6. The second-order valence-corrected chi connectivity index (χ2v) is 13.2. The zero-order valence-electron chi connectivity index (χ0n) is 27.5. The van der Waals surface area contributed by atoms with Crippen LogP contribution < -0.4 is 4.90 Å². The van der Waals surface area contributed by atoms with Crippen molar-refractivity contribution < 1.29 is 8.83 Å². The number of hydrogen-bond acceptors (Lipinski definition) is 3. The van der Waals surface area contributed by atoms with E-state index in [1.54, 1.807) is 0 Å². The monoisotopic (exact) mass is 651 g/mol. The van der Waals surface area contributed by atoms with Gasteiger partial charge in [-0.3, -0.25) is 0 Å². The van der Waals surface area contributed by atoms with Crippen LogP contribution in [0.5, 0.6) is 0 Å². The number of nitrogens with zero attached hydrogens (tertiary/aromatic N) is 1. The van der Waals surface area contributed by atoms with E-state index in [1.165, 1.54) is 21.5 Å². The van der Waals surface area contributed by atoms with E-state index in [0.717, 1.165) is 82.8 Å². The Labute approximate surface area is 293 Å². The predicted molar refractivity (Wildman–Crippen MR) is 214 cm³/mol. The standard InChI is InChI=1S/C48H29NO2/c1-2-15-33-29-45-39(28-32(33)14-1)46-37(20-10-24-43(46)50-45)36-19-7-8-21-41(36)49(40-22-9-16-30-12-3-5-17-34(30)40)42-23-11-25-44-47(42)38-27-26-31-13-4-6-18-35(31)48(38)51-44/h1-29H. The summed E-state index contributed by atoms with van der Waals surface area (Å²) in [5.74, 6) is 0. The van der Waals surface area contributed by atoms with Crippen molar-refractivity contribution in [2.75, 3.05) is 4.90 Å². The smallest absolute Gasteiger partial charge is 0.143 e. The summed E-state index contributed by atoms with van der Waals surface area (Å²) in [7, 11) is 0. The first kappa shape index (κ1) is 28.0. The van der Waals surface area contributed by atoms with Crippen LogP contribution in [0.2, 0.25) is 0 Å². The van der Waals surface area contributed by atoms with Gasteiger partial charge in [0.1, 0.15) is 22.3 Å². The fourth-order valence-electron chi connectivity index (χ4n) is 8.15. The average molecular weight is 652 g/mol. The molecule has 11 rings (SSSR count). The topological polar surface area (TPSA) is 29.5 Å². The fourth-order valence-corrected chi connectivity index (χ4v) is 8.15. The largest absolute Gasteiger partial charge is 0.456 e. The first-order valence-corrected chi connectivity index (χ1v) is 17.3. The third-order valence-corrected chi connectivity index (χ3v) is 10.4. The number of anilines is 3. The molecule has 0 N–H and O–H groups in total. The molecule has 0 bridgehead atoms. The van der Waals surface area contributed by atoms with E-state index in [0.29, 0.717) is 0 Å². The van der Waals surface area contributed by atoms with Crippen molar-refractivity contribution in [1.29, 1.82) is 0 Å². The molecule has 9 aromatic carbocycles. The second kappa shape index (κ2) is 10.8. The molecule has 2 heterocycles. The Balaban J connectivity index is 1.25. The summed E-state index contributed by atoms with van der Waals surface area (Å²) >= 11 is 0. The Bertz CT molecular complexity index is 3160. The first-order chi connectivity index (χ1) is 25.3. The minimum Gasteiger partial charge on any atom is -0.456 e. The van der Waals surface area contributed by atoms with Crippen LogP contribution in [-0.2, 0) is 0 Å². The maximum atomic E-state index is 6.72. The van der Waals surface area contributed by atoms with E-state index < -0.39 is 0 Å². The molecule has 0 amide bonds. The maximum Gasteiger partial charge on any atom is 0.143 e. The first-order valence-electron chi connectivity index (χ1n) is 17.3. The minimum absolute atomic E-state index is 0.858. The number of benzene rings is 9. The molecule has 0 saturated heterocycles. The second-order valence-electron chi connectivity index (χ2n) is 13.2. The maximum absolute atomic E-state index is 6.72. The van der Waals surface area contributed by atoms with Gasteiger partial charge in [-0.05, 0) is 75.6 Å². The van der Waals surface area contributed by atoms with Crippen molar-refractivity contribution in [2.45, 2.75) is 0 Å². The van der Waals surface area contributed by atoms with Gasteiger partial charge in [-0.2, -0.15) is 0 Å². The average Bonchev–Trinajstić information content (AvgIpc) is 3.76. The van der Waals surface area contributed by atoms with Gasteiger partial charge in [0.05, 0.1) is 22.4 Å². The highest BCUT2D eigenvalue weighted by Gasteiger charge is 2.25. The summed E-state index contributed by atoms with van der Waals surface area (Å²) < 4.78 is 13.3. The minimum atomic E-state index is 0.858. The summed E-state index contributed by atoms with van der Waals surface area (Å²) in [6.07, 6.45) is 0. The Morgan fingerprint density at radius 3 is 1.76 bits per heavy atom. The highest BCUT2D eigenvalue weighted by atomic mass is 16.3. The van der Waals surface area contributed by atoms with Gasteiger partial charge < -0.3 is 13.7 Å². The summed E-state index contributed by atoms with van der Waals surface area (Å²) in [5, 5.41) is 11.4. The molecule has 11 aromatic rings. The summed E-state index contributed by atoms with van der Waals surface area (Å²) in [5.41, 5.74) is 8.98. The van der Waals surface area contributed by atoms with Gasteiger partial charge in [0.25, 0.3) is 0 Å². The number of furan rings is 2. The SMILES string of the molecule is c1ccc(N(c2cccc3ccccc23)c2cccc3oc4c5ccccc5ccc4c23)c(-c2cccc3oc4cc5ccccc5cc4c23)c1. The van der Waals surface area contributed by atoms with Gasteiger partial charge in [-0.15, -0.1) is 0 Å². The van der Waals surface area contributed by atoms with Crippen molar-refractivity contribution >= 4 is 93.3 Å². The molecule has 0 aliphatic carbocycles. The Hall–Kier alpha value is -6.84. The van der Waals surface area contributed by atoms with Crippen molar-refractivity contribution in [3.05, 3.63) is 176 Å². The van der Waals surface area contributed by atoms with Gasteiger partial charge in [-0.1, -0.05) is 127 Å². The predicted octanol–water partition coefficient (Wildman–Crippen LogP) is 14.1. The number of rotatable bonds is 4. The van der Waals surface area contributed by atoms with E-state index in [1.807, 2.05) is 0 Å². The molecule has 0 aliphatic heterocycles. The van der Waals surface area contributed by atoms with Crippen LogP contribution in [0.3, 0.4) is 0 Å². The van der Waals surface area contributed by atoms with Gasteiger partial charge in [0, 0.05) is 32.5 Å². The third kappa shape index (κ3) is 4.19. The fraction of sp³-hybridized carbons (Fsp3) is 0. The Morgan fingerprint density at radius 1 is 0.314 bits per heavy atom. The van der Waals surface area contributed by atoms with Gasteiger partial charge in [-0.25, -0.2) is 0 Å². The quantitative estimate of drug-likeness (QED) is 0.190. The van der Waals surface area contributed by atoms with E-state index in [-0.39, 0.29) is 0 Å². The lowest BCUT2D eigenvalue weighted by atomic mass is 9.95. The molecular formula is C48H29NO2. The third-order valence-electron chi connectivity index (χ3n) is 10.4. The highest BCUT2D eigenvalue weighted by Crippen LogP contribution is 2.49. The van der Waals surface area contributed by atoms with Crippen molar-refractivity contribution in [1.82, 2.24) is 0 Å². The molecule has 2 aromatic heterocycles. The molecule has 0 unspecified atom stereocenters. The molecular weight excluding hydrogens is 623 g/mol. The molecule has 3 nitrogen and oxygen atoms in total. The van der Waals surface area contributed by atoms with Crippen molar-refractivity contribution in [2.24, 2.45) is 0 Å². The van der Waals surface area contributed by atoms with Crippen LogP contribution in [0.4, 0.5) is 17.1 Å². The van der Waals surface area contributed by atoms with Crippen LogP contribution in [0.15, 0.2) is 185 Å². The van der Waals surface area contributed by atoms with Gasteiger partial charge in [0.15, 0.2) is 0 Å². The van der Waals surface area contributed by atoms with Crippen LogP contribution in [0.25, 0.3) is 87.3 Å². The lowest BCUT2D eigenvalue weighted by Gasteiger charge is -2.29. The Morgan fingerprint density at radius 2 is 0.902 bits per heavy atom. The lowest BCUT2D eigenvalue weighted by Crippen LogP contribution is -2.12. The molecule has 0 atom stereocenters. The molecule has 238 valence electrons. The molecule has 0 radical (unpaired) electrons. The normalized spacial score (nSPS) is 11.9. The summed E-state index contributed by atoms with van der Waals surface area (Å²) in [4.78, 5) is 2.43. The lowest BCUT2D eigenvalue weighted by molar-refractivity contribution is 0.669. The number of para-hydroxylation sites is 1. The van der Waals surface area contributed by atoms with Gasteiger partial charge >= 0.3 is 0 Å². The molecule has 0 spiro atoms. The molecule has 3 heteroatoms. The zero-order chi connectivity index (χ0) is 33.5. The van der Waals surface area contributed by atoms with Crippen LogP contribution in [-0.4, -0.2) is 0 Å². The van der Waals surface area contributed by atoms with E-state index >= 15 is 0 Å². The van der Waals surface area contributed by atoms with E-state index in [4.69, 9.17) is 8.83 Å². The van der Waals surface area contributed by atoms with Crippen LogP contribution in [0.1, 0.15) is 0 Å². The highest BCUT2D eigenvalue weighted by molar-refractivity contribution is 6.21. The molecule has 0 aliphatic rings. The van der Waals surface area contributed by atoms with Crippen LogP contribution >= 0.6 is 0 Å². The summed E-state index contributed by atoms with van der Waals surface area (Å²) in [6.45, 7) is 0. The molecule has 51 heavy (non-hydrogen) atoms. The Kier molecular flexibility index (Phi) is 5.96. The van der Waals surface area contributed by atoms with Gasteiger partial charge in [0.2, 0.25) is 0 Å². The number of hydrogen-bond donors (Lipinski definition) is 0. The van der Waals surface area contributed by atoms with E-state index in [9.17, 15) is 0 Å². The van der Waals surface area contributed by atoms with E-state index in [2.05, 4.69) is 181 Å². The zero-order valence-corrected chi connectivity index (χ0v) is 27.5. The number of fused-ring (bicyclic) bond motifs is 10. The van der Waals surface area contributed by atoms with Crippen molar-refractivity contribution in [3.63, 3.8) is 0 Å². The van der Waals surface area contributed by atoms with Crippen LogP contribution in [0, 0.1) is 0 Å². The van der Waals surface area contributed by atoms with Crippen molar-refractivity contribution in [3.8, 4) is 11.1 Å².